The molecule has 0 aromatic rings. The van der Waals surface area contributed by atoms with Gasteiger partial charge in [-0.15, -0.1) is 0 Å². The molecule has 0 unspecified atom stereocenters. The van der Waals surface area contributed by atoms with Crippen LogP contribution in [0, 0.1) is 0 Å². The molecule has 0 bridgehead atoms. The fourth-order valence-electron chi connectivity index (χ4n) is 2.94. The lowest BCUT2D eigenvalue weighted by Crippen LogP contribution is -2.53. The Hall–Kier alpha value is -0.120. The number of likely N-dealkylation sites (tertiary alicyclic amines) is 1. The molecule has 3 nitrogen and oxygen atoms in total. The first-order chi connectivity index (χ1) is 8.54. The van der Waals surface area contributed by atoms with Crippen molar-refractivity contribution in [2.75, 3.05) is 20.2 Å². The summed E-state index contributed by atoms with van der Waals surface area (Å²) in [5.41, 5.74) is 0.0542. The molecule has 0 radical (unpaired) electrons. The first kappa shape index (κ1) is 14.3. The molecular formula is C15H29NO2. The molecule has 0 aromatic carbocycles. The third-order valence-electron chi connectivity index (χ3n) is 4.73. The van der Waals surface area contributed by atoms with Gasteiger partial charge in [0.05, 0.1) is 17.8 Å². The molecule has 3 heteroatoms. The number of ether oxygens (including phenoxy) is 2. The van der Waals surface area contributed by atoms with Gasteiger partial charge in [0.25, 0.3) is 0 Å². The lowest BCUT2D eigenvalue weighted by molar-refractivity contribution is -0.133. The third kappa shape index (κ3) is 3.46. The average Bonchev–Trinajstić information content (AvgIpc) is 2.34. The zero-order chi connectivity index (χ0) is 13.2. The van der Waals surface area contributed by atoms with Gasteiger partial charge in [0.2, 0.25) is 0 Å². The first-order valence-electron chi connectivity index (χ1n) is 7.48. The number of piperidine rings is 1. The predicted octanol–water partition coefficient (Wildman–Crippen LogP) is 2.83. The highest BCUT2D eigenvalue weighted by Crippen LogP contribution is 2.33. The molecule has 2 fully saturated rings. The van der Waals surface area contributed by atoms with Crippen molar-refractivity contribution >= 4 is 0 Å². The Morgan fingerprint density at radius 3 is 2.22 bits per heavy atom. The quantitative estimate of drug-likeness (QED) is 0.754. The molecule has 106 valence electrons. The van der Waals surface area contributed by atoms with E-state index in [1.54, 1.807) is 0 Å². The van der Waals surface area contributed by atoms with Crippen LogP contribution >= 0.6 is 0 Å². The SMILES string of the molecule is CCC(C)(C)OC1CC(N2CCC(OC)CC2)C1. The van der Waals surface area contributed by atoms with Crippen molar-refractivity contribution in [2.24, 2.45) is 0 Å². The van der Waals surface area contributed by atoms with Crippen LogP contribution in [0.4, 0.5) is 0 Å². The Bertz CT molecular complexity index is 253. The largest absolute Gasteiger partial charge is 0.381 e. The molecule has 0 amide bonds. The summed E-state index contributed by atoms with van der Waals surface area (Å²) in [6.45, 7) is 9.00. The summed E-state index contributed by atoms with van der Waals surface area (Å²) in [4.78, 5) is 2.63. The maximum Gasteiger partial charge on any atom is 0.0627 e. The van der Waals surface area contributed by atoms with Gasteiger partial charge >= 0.3 is 0 Å². The van der Waals surface area contributed by atoms with E-state index in [2.05, 4.69) is 25.7 Å². The molecule has 0 N–H and O–H groups in total. The van der Waals surface area contributed by atoms with Crippen molar-refractivity contribution in [3.05, 3.63) is 0 Å². The Morgan fingerprint density at radius 1 is 1.11 bits per heavy atom. The minimum absolute atomic E-state index is 0.0542. The standard InChI is InChI=1S/C15H29NO2/c1-5-15(2,3)18-14-10-12(11-14)16-8-6-13(17-4)7-9-16/h12-14H,5-11H2,1-4H3. The minimum Gasteiger partial charge on any atom is -0.381 e. The van der Waals surface area contributed by atoms with Crippen LogP contribution in [0.15, 0.2) is 0 Å². The summed E-state index contributed by atoms with van der Waals surface area (Å²) in [7, 11) is 1.83. The first-order valence-corrected chi connectivity index (χ1v) is 7.48. The fourth-order valence-corrected chi connectivity index (χ4v) is 2.94. The van der Waals surface area contributed by atoms with Crippen molar-refractivity contribution in [2.45, 2.75) is 76.7 Å². The highest BCUT2D eigenvalue weighted by Gasteiger charge is 2.38. The third-order valence-corrected chi connectivity index (χ3v) is 4.73. The van der Waals surface area contributed by atoms with Gasteiger partial charge in [-0.25, -0.2) is 0 Å². The maximum atomic E-state index is 6.13. The molecule has 1 saturated carbocycles. The molecule has 1 saturated heterocycles. The lowest BCUT2D eigenvalue weighted by Gasteiger charge is -2.47. The Kier molecular flexibility index (Phi) is 4.68. The summed E-state index contributed by atoms with van der Waals surface area (Å²) in [6.07, 6.45) is 6.91. The molecule has 2 rings (SSSR count). The molecule has 1 aliphatic carbocycles. The molecule has 18 heavy (non-hydrogen) atoms. The van der Waals surface area contributed by atoms with Crippen LogP contribution in [0.1, 0.15) is 52.9 Å². The summed E-state index contributed by atoms with van der Waals surface area (Å²) in [6, 6.07) is 0.764. The summed E-state index contributed by atoms with van der Waals surface area (Å²) in [5, 5.41) is 0. The highest BCUT2D eigenvalue weighted by atomic mass is 16.5. The lowest BCUT2D eigenvalue weighted by atomic mass is 9.85. The van der Waals surface area contributed by atoms with E-state index >= 15 is 0 Å². The normalized spacial score (nSPS) is 31.3. The summed E-state index contributed by atoms with van der Waals surface area (Å²) in [5.74, 6) is 0. The van der Waals surface area contributed by atoms with E-state index in [4.69, 9.17) is 9.47 Å². The predicted molar refractivity (Wildman–Crippen MR) is 73.9 cm³/mol. The second-order valence-corrected chi connectivity index (χ2v) is 6.45. The maximum absolute atomic E-state index is 6.13. The van der Waals surface area contributed by atoms with E-state index in [1.165, 1.54) is 38.8 Å². The van der Waals surface area contributed by atoms with Gasteiger partial charge in [-0.3, -0.25) is 4.90 Å². The van der Waals surface area contributed by atoms with Crippen LogP contribution in [-0.2, 0) is 9.47 Å². The Morgan fingerprint density at radius 2 is 1.72 bits per heavy atom. The summed E-state index contributed by atoms with van der Waals surface area (Å²) < 4.78 is 11.6. The van der Waals surface area contributed by atoms with Gasteiger partial charge in [-0.05, 0) is 46.0 Å². The van der Waals surface area contributed by atoms with Crippen molar-refractivity contribution in [3.63, 3.8) is 0 Å². The molecule has 1 heterocycles. The van der Waals surface area contributed by atoms with Gasteiger partial charge < -0.3 is 9.47 Å². The molecule has 0 spiro atoms. The minimum atomic E-state index is 0.0542. The topological polar surface area (TPSA) is 21.7 Å². The number of nitrogens with zero attached hydrogens (tertiary/aromatic N) is 1. The van der Waals surface area contributed by atoms with E-state index in [0.29, 0.717) is 12.2 Å². The second kappa shape index (κ2) is 5.89. The number of rotatable bonds is 5. The van der Waals surface area contributed by atoms with Crippen LogP contribution in [0.2, 0.25) is 0 Å². The number of hydrogen-bond acceptors (Lipinski definition) is 3. The average molecular weight is 255 g/mol. The van der Waals surface area contributed by atoms with E-state index in [9.17, 15) is 0 Å². The van der Waals surface area contributed by atoms with Crippen LogP contribution in [-0.4, -0.2) is 49.0 Å². The molecule has 0 atom stereocenters. The van der Waals surface area contributed by atoms with Crippen LogP contribution in [0.5, 0.6) is 0 Å². The molecule has 2 aliphatic rings. The fraction of sp³-hybridized carbons (Fsp3) is 1.00. The molecular weight excluding hydrogens is 226 g/mol. The smallest absolute Gasteiger partial charge is 0.0627 e. The number of methoxy groups -OCH3 is 1. The molecule has 1 aliphatic heterocycles. The van der Waals surface area contributed by atoms with Crippen molar-refractivity contribution in [1.82, 2.24) is 4.90 Å². The van der Waals surface area contributed by atoms with Gasteiger partial charge in [0, 0.05) is 26.2 Å². The number of hydrogen-bond donors (Lipinski definition) is 0. The van der Waals surface area contributed by atoms with Crippen LogP contribution in [0.25, 0.3) is 0 Å². The second-order valence-electron chi connectivity index (χ2n) is 6.45. The van der Waals surface area contributed by atoms with Gasteiger partial charge in [0.1, 0.15) is 0 Å². The van der Waals surface area contributed by atoms with Crippen LogP contribution < -0.4 is 0 Å². The Labute approximate surface area is 112 Å². The van der Waals surface area contributed by atoms with Gasteiger partial charge in [-0.1, -0.05) is 6.92 Å². The van der Waals surface area contributed by atoms with E-state index in [1.807, 2.05) is 7.11 Å². The Balaban J connectivity index is 1.67. The van der Waals surface area contributed by atoms with Crippen molar-refractivity contribution in [1.29, 1.82) is 0 Å². The zero-order valence-corrected chi connectivity index (χ0v) is 12.4. The zero-order valence-electron chi connectivity index (χ0n) is 12.4. The van der Waals surface area contributed by atoms with Crippen LogP contribution in [0.3, 0.4) is 0 Å². The van der Waals surface area contributed by atoms with E-state index in [-0.39, 0.29) is 5.60 Å². The molecule has 0 aromatic heterocycles. The van der Waals surface area contributed by atoms with E-state index in [0.717, 1.165) is 12.5 Å². The van der Waals surface area contributed by atoms with Gasteiger partial charge in [-0.2, -0.15) is 0 Å². The van der Waals surface area contributed by atoms with Crippen molar-refractivity contribution < 1.29 is 9.47 Å². The van der Waals surface area contributed by atoms with E-state index < -0.39 is 0 Å². The highest BCUT2D eigenvalue weighted by molar-refractivity contribution is 4.91. The monoisotopic (exact) mass is 255 g/mol. The summed E-state index contributed by atoms with van der Waals surface area (Å²) >= 11 is 0. The van der Waals surface area contributed by atoms with Gasteiger partial charge in [0.15, 0.2) is 0 Å². The van der Waals surface area contributed by atoms with Crippen molar-refractivity contribution in [3.8, 4) is 0 Å².